The molecule has 7 rings (SSSR count). The fourth-order valence-electron chi connectivity index (χ4n) is 7.64. The van der Waals surface area contributed by atoms with Gasteiger partial charge in [0.1, 0.15) is 11.9 Å². The Morgan fingerprint density at radius 3 is 2.89 bits per heavy atom. The van der Waals surface area contributed by atoms with E-state index in [1.54, 1.807) is 24.7 Å². The van der Waals surface area contributed by atoms with Crippen molar-refractivity contribution in [2.45, 2.75) is 67.7 Å². The average Bonchev–Trinajstić information content (AvgIpc) is 3.35. The van der Waals surface area contributed by atoms with E-state index in [1.807, 2.05) is 18.0 Å². The molecule has 5 aliphatic rings. The summed E-state index contributed by atoms with van der Waals surface area (Å²) in [7, 11) is 1.88. The summed E-state index contributed by atoms with van der Waals surface area (Å²) in [6.45, 7) is 2.09. The number of amides is 1. The number of nitrogens with zero attached hydrogens (tertiary/aromatic N) is 2. The molecule has 1 amide bonds. The zero-order valence-corrected chi connectivity index (χ0v) is 20.9. The van der Waals surface area contributed by atoms with Gasteiger partial charge in [-0.2, -0.15) is 0 Å². The third-order valence-electron chi connectivity index (χ3n) is 9.44. The number of halogens is 1. The van der Waals surface area contributed by atoms with Gasteiger partial charge in [-0.15, -0.1) is 12.4 Å². The standard InChI is InChI=1S/C28H32N2O4.ClH/c1-29(24(31)8-7-19-10-14-33-17-19)21-9-11-28(32)23-15-20-3-2-4-22-25(20)27(28,26(21)34-22)12-13-30(23)16-18-5-6-18;/h2-4,7-8,10,14,17-18,21,23,26,32H,5-6,9,11-13,15-16H2,1H3;1H/b8-7+;/t21-,23-,26+,27+,28?;/m1./s1. The minimum absolute atomic E-state index is 0. The Balaban J connectivity index is 0.00000229. The molecule has 1 unspecified atom stereocenters. The number of benzene rings is 1. The number of piperidine rings is 1. The van der Waals surface area contributed by atoms with Crippen molar-refractivity contribution in [2.24, 2.45) is 5.92 Å². The number of ether oxygens (including phenoxy) is 1. The molecule has 2 aliphatic heterocycles. The molecule has 2 saturated carbocycles. The number of hydrogen-bond acceptors (Lipinski definition) is 5. The molecule has 1 saturated heterocycles. The van der Waals surface area contributed by atoms with Gasteiger partial charge in [0.25, 0.3) is 0 Å². The second-order valence-corrected chi connectivity index (χ2v) is 11.1. The lowest BCUT2D eigenvalue weighted by Gasteiger charge is -2.64. The van der Waals surface area contributed by atoms with Crippen LogP contribution in [0.25, 0.3) is 6.08 Å². The maximum atomic E-state index is 13.2. The predicted octanol–water partition coefficient (Wildman–Crippen LogP) is 3.81. The maximum Gasteiger partial charge on any atom is 0.246 e. The van der Waals surface area contributed by atoms with Crippen molar-refractivity contribution in [3.8, 4) is 5.75 Å². The summed E-state index contributed by atoms with van der Waals surface area (Å²) in [5.74, 6) is 1.66. The van der Waals surface area contributed by atoms with Crippen molar-refractivity contribution in [1.82, 2.24) is 9.80 Å². The molecule has 186 valence electrons. The molecule has 35 heavy (non-hydrogen) atoms. The molecule has 3 heterocycles. The Morgan fingerprint density at radius 1 is 1.26 bits per heavy atom. The summed E-state index contributed by atoms with van der Waals surface area (Å²) >= 11 is 0. The lowest BCUT2D eigenvalue weighted by atomic mass is 9.48. The van der Waals surface area contributed by atoms with Crippen LogP contribution < -0.4 is 4.74 Å². The van der Waals surface area contributed by atoms with E-state index >= 15 is 0 Å². The predicted molar refractivity (Wildman–Crippen MR) is 135 cm³/mol. The van der Waals surface area contributed by atoms with Gasteiger partial charge in [0.2, 0.25) is 5.91 Å². The van der Waals surface area contributed by atoms with E-state index < -0.39 is 11.0 Å². The van der Waals surface area contributed by atoms with Gasteiger partial charge in [-0.3, -0.25) is 9.69 Å². The van der Waals surface area contributed by atoms with Crippen LogP contribution >= 0.6 is 12.4 Å². The first-order chi connectivity index (χ1) is 16.5. The highest BCUT2D eigenvalue weighted by Gasteiger charge is 2.73. The van der Waals surface area contributed by atoms with Crippen LogP contribution in [0.1, 0.15) is 48.8 Å². The Kier molecular flexibility index (Phi) is 5.37. The first kappa shape index (κ1) is 23.1. The summed E-state index contributed by atoms with van der Waals surface area (Å²) < 4.78 is 11.8. The van der Waals surface area contributed by atoms with Crippen LogP contribution in [0.5, 0.6) is 5.75 Å². The van der Waals surface area contributed by atoms with Gasteiger partial charge in [-0.1, -0.05) is 12.1 Å². The molecule has 2 aromatic rings. The third-order valence-corrected chi connectivity index (χ3v) is 9.44. The average molecular weight is 497 g/mol. The Morgan fingerprint density at radius 2 is 2.11 bits per heavy atom. The van der Waals surface area contributed by atoms with E-state index in [0.29, 0.717) is 6.42 Å². The van der Waals surface area contributed by atoms with Crippen molar-refractivity contribution >= 4 is 24.4 Å². The van der Waals surface area contributed by atoms with Crippen molar-refractivity contribution in [3.05, 3.63) is 59.6 Å². The maximum absolute atomic E-state index is 13.2. The summed E-state index contributed by atoms with van der Waals surface area (Å²) in [5.41, 5.74) is 2.14. The Hall–Kier alpha value is -2.28. The van der Waals surface area contributed by atoms with Crippen molar-refractivity contribution in [3.63, 3.8) is 0 Å². The number of hydrogen-bond donors (Lipinski definition) is 1. The van der Waals surface area contributed by atoms with E-state index in [2.05, 4.69) is 23.1 Å². The molecule has 1 spiro atoms. The molecule has 1 aromatic carbocycles. The van der Waals surface area contributed by atoms with Gasteiger partial charge in [-0.05, 0) is 74.8 Å². The highest BCUT2D eigenvalue weighted by atomic mass is 35.5. The highest BCUT2D eigenvalue weighted by Crippen LogP contribution is 2.64. The lowest BCUT2D eigenvalue weighted by molar-refractivity contribution is -0.200. The molecule has 7 heteroatoms. The number of carbonyl (C=O) groups excluding carboxylic acids is 1. The first-order valence-electron chi connectivity index (χ1n) is 12.7. The number of aliphatic hydroxyl groups is 1. The monoisotopic (exact) mass is 496 g/mol. The van der Waals surface area contributed by atoms with Crippen molar-refractivity contribution in [1.29, 1.82) is 0 Å². The smallest absolute Gasteiger partial charge is 0.246 e. The second kappa shape index (κ2) is 8.12. The van der Waals surface area contributed by atoms with Crippen LogP contribution in [0.3, 0.4) is 0 Å². The SMILES string of the molecule is CN(C(=O)/C=C/c1ccoc1)[C@@H]1CCC2(O)[C@H]3Cc4cccc5c4[C@@]2(CCN3CC2CC2)[C@H]1O5.Cl. The van der Waals surface area contributed by atoms with Crippen molar-refractivity contribution < 1.29 is 19.1 Å². The van der Waals surface area contributed by atoms with E-state index in [0.717, 1.165) is 49.6 Å². The molecule has 0 radical (unpaired) electrons. The largest absolute Gasteiger partial charge is 0.487 e. The van der Waals surface area contributed by atoms with Crippen LogP contribution in [0.15, 0.2) is 47.3 Å². The van der Waals surface area contributed by atoms with E-state index in [-0.39, 0.29) is 36.5 Å². The number of likely N-dealkylation sites (N-methyl/N-ethyl adjacent to an activating group) is 1. The zero-order valence-electron chi connectivity index (χ0n) is 20.1. The van der Waals surface area contributed by atoms with Crippen LogP contribution in [0.4, 0.5) is 0 Å². The van der Waals surface area contributed by atoms with Crippen molar-refractivity contribution in [2.75, 3.05) is 20.1 Å². The lowest BCUT2D eigenvalue weighted by Crippen LogP contribution is -2.78. The highest BCUT2D eigenvalue weighted by molar-refractivity contribution is 5.91. The molecular formula is C28H33ClN2O4. The number of carbonyl (C=O) groups is 1. The molecule has 6 nitrogen and oxygen atoms in total. The van der Waals surface area contributed by atoms with Crippen LogP contribution in [0, 0.1) is 5.92 Å². The molecule has 1 N–H and O–H groups in total. The van der Waals surface area contributed by atoms with Gasteiger partial charge >= 0.3 is 0 Å². The number of furan rings is 1. The quantitative estimate of drug-likeness (QED) is 0.638. The normalized spacial score (nSPS) is 34.7. The van der Waals surface area contributed by atoms with Gasteiger partial charge in [0.05, 0.1) is 29.6 Å². The number of rotatable bonds is 5. The van der Waals surface area contributed by atoms with E-state index in [1.165, 1.54) is 24.0 Å². The molecule has 3 aliphatic carbocycles. The fraction of sp³-hybridized carbons (Fsp3) is 0.536. The molecule has 5 atom stereocenters. The Bertz CT molecular complexity index is 1160. The first-order valence-corrected chi connectivity index (χ1v) is 12.7. The van der Waals surface area contributed by atoms with E-state index in [4.69, 9.17) is 9.15 Å². The summed E-state index contributed by atoms with van der Waals surface area (Å²) in [5, 5.41) is 12.5. The second-order valence-electron chi connectivity index (χ2n) is 11.1. The fourth-order valence-corrected chi connectivity index (χ4v) is 7.64. The molecule has 2 bridgehead atoms. The van der Waals surface area contributed by atoms with Gasteiger partial charge in [0, 0.05) is 36.8 Å². The minimum atomic E-state index is -0.822. The van der Waals surface area contributed by atoms with Gasteiger partial charge in [0.15, 0.2) is 0 Å². The Labute approximate surface area is 212 Å². The summed E-state index contributed by atoms with van der Waals surface area (Å²) in [4.78, 5) is 17.6. The van der Waals surface area contributed by atoms with Crippen LogP contribution in [0.2, 0.25) is 0 Å². The minimum Gasteiger partial charge on any atom is -0.487 e. The summed E-state index contributed by atoms with van der Waals surface area (Å²) in [6, 6.07) is 8.24. The van der Waals surface area contributed by atoms with Crippen LogP contribution in [-0.2, 0) is 16.6 Å². The van der Waals surface area contributed by atoms with Crippen LogP contribution in [-0.4, -0.2) is 64.7 Å². The molecular weight excluding hydrogens is 464 g/mol. The third kappa shape index (κ3) is 3.19. The van der Waals surface area contributed by atoms with Gasteiger partial charge in [-0.25, -0.2) is 0 Å². The topological polar surface area (TPSA) is 66.2 Å². The summed E-state index contributed by atoms with van der Waals surface area (Å²) in [6.07, 6.45) is 12.2. The van der Waals surface area contributed by atoms with E-state index in [9.17, 15) is 9.90 Å². The van der Waals surface area contributed by atoms with Gasteiger partial charge < -0.3 is 19.2 Å². The number of likely N-dealkylation sites (tertiary alicyclic amines) is 1. The zero-order chi connectivity index (χ0) is 23.1. The molecule has 3 fully saturated rings. The molecule has 1 aromatic heterocycles.